The highest BCUT2D eigenvalue weighted by atomic mass is 32.2. The maximum Gasteiger partial charge on any atom is 0.125 e. The fourth-order valence-electron chi connectivity index (χ4n) is 1.52. The van der Waals surface area contributed by atoms with Crippen molar-refractivity contribution in [3.63, 3.8) is 0 Å². The number of hydrogen-bond acceptors (Lipinski definition) is 5. The van der Waals surface area contributed by atoms with Gasteiger partial charge in [0.2, 0.25) is 0 Å². The third-order valence-corrected chi connectivity index (χ3v) is 5.52. The van der Waals surface area contributed by atoms with E-state index in [0.717, 1.165) is 17.9 Å². The average Bonchev–Trinajstić information content (AvgIpc) is 2.38. The standard InChI is InChI=1S/C11H15N3S3/c12-11(15)8-1-2-10(13-5-8)14-6-9-7-16-3-4-17-9/h1-2,5,9H,3-4,6-7H2,(H2,12,15)(H,13,14). The molecule has 3 nitrogen and oxygen atoms in total. The Bertz CT molecular complexity index is 374. The number of thioether (sulfide) groups is 2. The van der Waals surface area contributed by atoms with Gasteiger partial charge in [0.05, 0.1) is 0 Å². The molecule has 0 aliphatic carbocycles. The van der Waals surface area contributed by atoms with Crippen LogP contribution >= 0.6 is 35.7 Å². The maximum absolute atomic E-state index is 5.52. The van der Waals surface area contributed by atoms with E-state index >= 15 is 0 Å². The molecular formula is C11H15N3S3. The van der Waals surface area contributed by atoms with Crippen LogP contribution in [-0.2, 0) is 0 Å². The second kappa shape index (κ2) is 6.47. The molecule has 1 unspecified atom stereocenters. The molecule has 92 valence electrons. The van der Waals surface area contributed by atoms with Crippen molar-refractivity contribution in [2.24, 2.45) is 5.73 Å². The predicted molar refractivity (Wildman–Crippen MR) is 82.2 cm³/mol. The molecule has 2 rings (SSSR count). The van der Waals surface area contributed by atoms with Crippen LogP contribution in [0.3, 0.4) is 0 Å². The maximum atomic E-state index is 5.52. The highest BCUT2D eigenvalue weighted by Gasteiger charge is 2.13. The Morgan fingerprint density at radius 1 is 1.53 bits per heavy atom. The number of thiocarbonyl (C=S) groups is 1. The van der Waals surface area contributed by atoms with Gasteiger partial charge >= 0.3 is 0 Å². The van der Waals surface area contributed by atoms with Crippen LogP contribution in [0.25, 0.3) is 0 Å². The summed E-state index contributed by atoms with van der Waals surface area (Å²) in [5.74, 6) is 4.65. The Morgan fingerprint density at radius 3 is 3.00 bits per heavy atom. The van der Waals surface area contributed by atoms with Crippen LogP contribution in [-0.4, -0.2) is 39.0 Å². The molecule has 0 saturated carbocycles. The van der Waals surface area contributed by atoms with Gasteiger partial charge in [0, 0.05) is 40.8 Å². The number of pyridine rings is 1. The van der Waals surface area contributed by atoms with E-state index in [2.05, 4.69) is 10.3 Å². The second-order valence-electron chi connectivity index (χ2n) is 3.74. The van der Waals surface area contributed by atoms with Crippen LogP contribution in [0, 0.1) is 0 Å². The van der Waals surface area contributed by atoms with E-state index in [1.54, 1.807) is 6.20 Å². The zero-order valence-electron chi connectivity index (χ0n) is 9.39. The van der Waals surface area contributed by atoms with Crippen molar-refractivity contribution in [3.05, 3.63) is 23.9 Å². The minimum Gasteiger partial charge on any atom is -0.389 e. The Kier molecular flexibility index (Phi) is 4.94. The first-order valence-corrected chi connectivity index (χ1v) is 8.06. The number of hydrogen-bond donors (Lipinski definition) is 2. The molecule has 2 heterocycles. The SMILES string of the molecule is NC(=S)c1ccc(NCC2CSCCS2)nc1. The van der Waals surface area contributed by atoms with Gasteiger partial charge < -0.3 is 11.1 Å². The van der Waals surface area contributed by atoms with Crippen molar-refractivity contribution in [1.82, 2.24) is 4.98 Å². The van der Waals surface area contributed by atoms with Gasteiger partial charge in [-0.2, -0.15) is 23.5 Å². The largest absolute Gasteiger partial charge is 0.389 e. The zero-order valence-corrected chi connectivity index (χ0v) is 11.8. The lowest BCUT2D eigenvalue weighted by Gasteiger charge is -2.21. The van der Waals surface area contributed by atoms with Gasteiger partial charge in [-0.15, -0.1) is 0 Å². The van der Waals surface area contributed by atoms with Gasteiger partial charge in [-0.3, -0.25) is 0 Å². The van der Waals surface area contributed by atoms with E-state index in [4.69, 9.17) is 18.0 Å². The van der Waals surface area contributed by atoms with Crippen molar-refractivity contribution in [3.8, 4) is 0 Å². The van der Waals surface area contributed by atoms with E-state index < -0.39 is 0 Å². The van der Waals surface area contributed by atoms with E-state index in [0.29, 0.717) is 10.2 Å². The number of nitrogens with two attached hydrogens (primary N) is 1. The lowest BCUT2D eigenvalue weighted by Crippen LogP contribution is -2.23. The Morgan fingerprint density at radius 2 is 2.41 bits per heavy atom. The van der Waals surface area contributed by atoms with Crippen LogP contribution < -0.4 is 11.1 Å². The van der Waals surface area contributed by atoms with Crippen LogP contribution in [0.1, 0.15) is 5.56 Å². The summed E-state index contributed by atoms with van der Waals surface area (Å²) in [7, 11) is 0. The molecule has 1 aliphatic rings. The summed E-state index contributed by atoms with van der Waals surface area (Å²) in [5, 5.41) is 4.04. The molecule has 1 aromatic heterocycles. The molecule has 1 fully saturated rings. The van der Waals surface area contributed by atoms with Gasteiger partial charge in [0.1, 0.15) is 10.8 Å². The molecule has 0 spiro atoms. The van der Waals surface area contributed by atoms with Gasteiger partial charge in [-0.05, 0) is 12.1 Å². The summed E-state index contributed by atoms with van der Waals surface area (Å²) in [5.41, 5.74) is 6.33. The molecule has 0 radical (unpaired) electrons. The van der Waals surface area contributed by atoms with Gasteiger partial charge in [0.25, 0.3) is 0 Å². The molecule has 6 heteroatoms. The highest BCUT2D eigenvalue weighted by molar-refractivity contribution is 8.06. The summed E-state index contributed by atoms with van der Waals surface area (Å²) in [6, 6.07) is 3.83. The van der Waals surface area contributed by atoms with E-state index in [-0.39, 0.29) is 0 Å². The summed E-state index contributed by atoms with van der Waals surface area (Å²) < 4.78 is 0. The predicted octanol–water partition coefficient (Wildman–Crippen LogP) is 1.98. The Labute approximate surface area is 115 Å². The molecule has 3 N–H and O–H groups in total. The van der Waals surface area contributed by atoms with E-state index in [1.807, 2.05) is 35.7 Å². The van der Waals surface area contributed by atoms with Crippen LogP contribution in [0.4, 0.5) is 5.82 Å². The van der Waals surface area contributed by atoms with Crippen LogP contribution in [0.5, 0.6) is 0 Å². The van der Waals surface area contributed by atoms with Crippen molar-refractivity contribution >= 4 is 46.5 Å². The summed E-state index contributed by atoms with van der Waals surface area (Å²) >= 11 is 8.95. The summed E-state index contributed by atoms with van der Waals surface area (Å²) in [6.07, 6.45) is 1.72. The Hall–Kier alpha value is -0.460. The number of rotatable bonds is 4. The lowest BCUT2D eigenvalue weighted by molar-refractivity contribution is 0.993. The summed E-state index contributed by atoms with van der Waals surface area (Å²) in [6.45, 7) is 0.969. The monoisotopic (exact) mass is 285 g/mol. The molecule has 17 heavy (non-hydrogen) atoms. The van der Waals surface area contributed by atoms with E-state index in [1.165, 1.54) is 17.3 Å². The van der Waals surface area contributed by atoms with Gasteiger partial charge in [-0.25, -0.2) is 4.98 Å². The topological polar surface area (TPSA) is 50.9 Å². The molecule has 1 saturated heterocycles. The van der Waals surface area contributed by atoms with Crippen LogP contribution in [0.2, 0.25) is 0 Å². The first kappa shape index (κ1) is 13.0. The molecule has 1 aromatic rings. The minimum absolute atomic E-state index is 0.392. The number of aromatic nitrogens is 1. The second-order valence-corrected chi connectivity index (χ2v) is 6.74. The number of nitrogens with zero attached hydrogens (tertiary/aromatic N) is 1. The number of anilines is 1. The first-order valence-electron chi connectivity index (χ1n) is 5.45. The minimum atomic E-state index is 0.392. The first-order chi connectivity index (χ1) is 8.25. The van der Waals surface area contributed by atoms with Crippen molar-refractivity contribution in [2.75, 3.05) is 29.1 Å². The average molecular weight is 285 g/mol. The smallest absolute Gasteiger partial charge is 0.125 e. The Balaban J connectivity index is 1.84. The van der Waals surface area contributed by atoms with E-state index in [9.17, 15) is 0 Å². The lowest BCUT2D eigenvalue weighted by atomic mass is 10.3. The molecule has 1 atom stereocenters. The third-order valence-electron chi connectivity index (χ3n) is 2.44. The zero-order chi connectivity index (χ0) is 12.1. The summed E-state index contributed by atoms with van der Waals surface area (Å²) in [4.78, 5) is 4.68. The normalized spacial score (nSPS) is 19.9. The van der Waals surface area contributed by atoms with Gasteiger partial charge in [-0.1, -0.05) is 12.2 Å². The molecular weight excluding hydrogens is 270 g/mol. The molecule has 1 aliphatic heterocycles. The fourth-order valence-corrected chi connectivity index (χ4v) is 4.25. The van der Waals surface area contributed by atoms with Crippen molar-refractivity contribution < 1.29 is 0 Å². The number of nitrogens with one attached hydrogen (secondary N) is 1. The molecule has 0 bridgehead atoms. The van der Waals surface area contributed by atoms with Crippen molar-refractivity contribution in [1.29, 1.82) is 0 Å². The van der Waals surface area contributed by atoms with Crippen molar-refractivity contribution in [2.45, 2.75) is 5.25 Å². The quantitative estimate of drug-likeness (QED) is 0.825. The van der Waals surface area contributed by atoms with Gasteiger partial charge in [0.15, 0.2) is 0 Å². The third kappa shape index (κ3) is 4.04. The van der Waals surface area contributed by atoms with Crippen LogP contribution in [0.15, 0.2) is 18.3 Å². The highest BCUT2D eigenvalue weighted by Crippen LogP contribution is 2.24. The molecule has 0 aromatic carbocycles. The fraction of sp³-hybridized carbons (Fsp3) is 0.455. The molecule has 0 amide bonds.